The van der Waals surface area contributed by atoms with Crippen LogP contribution in [0.25, 0.3) is 0 Å². The van der Waals surface area contributed by atoms with E-state index < -0.39 is 0 Å². The molecule has 1 N–H and O–H groups in total. The molecule has 1 atom stereocenters. The smallest absolute Gasteiger partial charge is 0.338 e. The number of ether oxygens (including phenoxy) is 1. The summed E-state index contributed by atoms with van der Waals surface area (Å²) in [6.45, 7) is 4.11. The lowest BCUT2D eigenvalue weighted by atomic mass is 9.92. The highest BCUT2D eigenvalue weighted by atomic mass is 16.5. The highest BCUT2D eigenvalue weighted by Crippen LogP contribution is 2.36. The summed E-state index contributed by atoms with van der Waals surface area (Å²) in [4.78, 5) is 17.3. The number of carbonyl (C=O) groups excluding carboxylic acids is 1. The van der Waals surface area contributed by atoms with Crippen LogP contribution in [0.1, 0.15) is 29.7 Å². The first-order chi connectivity index (χ1) is 13.1. The minimum atomic E-state index is -0.381. The molecule has 0 fully saturated rings. The van der Waals surface area contributed by atoms with Gasteiger partial charge in [0, 0.05) is 5.70 Å². The van der Waals surface area contributed by atoms with Gasteiger partial charge in [-0.05, 0) is 30.5 Å². The van der Waals surface area contributed by atoms with Gasteiger partial charge in [0.1, 0.15) is 19.0 Å². The van der Waals surface area contributed by atoms with Crippen molar-refractivity contribution < 1.29 is 9.53 Å². The number of hydrogen-bond acceptors (Lipinski definition) is 5. The number of carbonyl (C=O) groups is 1. The number of nitrogens with zero attached hydrogens (tertiary/aromatic N) is 3. The fourth-order valence-corrected chi connectivity index (χ4v) is 3.34. The van der Waals surface area contributed by atoms with Gasteiger partial charge in [-0.2, -0.15) is 10.1 Å². The molecule has 1 aliphatic heterocycles. The van der Waals surface area contributed by atoms with Gasteiger partial charge in [0.05, 0.1) is 5.57 Å². The number of anilines is 1. The lowest BCUT2D eigenvalue weighted by molar-refractivity contribution is -0.140. The number of esters is 1. The van der Waals surface area contributed by atoms with E-state index in [4.69, 9.17) is 4.74 Å². The monoisotopic (exact) mass is 360 g/mol. The predicted molar refractivity (Wildman–Crippen MR) is 102 cm³/mol. The van der Waals surface area contributed by atoms with Crippen molar-refractivity contribution in [3.05, 3.63) is 88.9 Å². The minimum absolute atomic E-state index is 0.223. The summed E-state index contributed by atoms with van der Waals surface area (Å²) in [5, 5.41) is 7.50. The Morgan fingerprint density at radius 1 is 1.11 bits per heavy atom. The molecule has 0 unspecified atom stereocenters. The van der Waals surface area contributed by atoms with Crippen molar-refractivity contribution in [1.82, 2.24) is 14.8 Å². The van der Waals surface area contributed by atoms with Crippen molar-refractivity contribution in [3.63, 3.8) is 0 Å². The van der Waals surface area contributed by atoms with Crippen LogP contribution in [0.5, 0.6) is 0 Å². The number of benzene rings is 2. The van der Waals surface area contributed by atoms with Crippen LogP contribution in [0.2, 0.25) is 0 Å². The molecule has 2 heterocycles. The highest BCUT2D eigenvalue weighted by Gasteiger charge is 2.34. The van der Waals surface area contributed by atoms with Gasteiger partial charge < -0.3 is 10.1 Å². The van der Waals surface area contributed by atoms with E-state index in [1.54, 1.807) is 4.68 Å². The van der Waals surface area contributed by atoms with Crippen LogP contribution >= 0.6 is 0 Å². The Morgan fingerprint density at radius 3 is 2.63 bits per heavy atom. The Bertz CT molecular complexity index is 1010. The quantitative estimate of drug-likeness (QED) is 0.720. The fraction of sp³-hybridized carbons (Fsp3) is 0.190. The van der Waals surface area contributed by atoms with E-state index in [1.807, 2.05) is 68.4 Å². The van der Waals surface area contributed by atoms with Gasteiger partial charge in [-0.1, -0.05) is 54.6 Å². The number of rotatable bonds is 4. The third-order valence-corrected chi connectivity index (χ3v) is 4.71. The van der Waals surface area contributed by atoms with Crippen LogP contribution in [0.15, 0.2) is 72.2 Å². The summed E-state index contributed by atoms with van der Waals surface area (Å²) in [6.07, 6.45) is 1.49. The Morgan fingerprint density at radius 2 is 1.85 bits per heavy atom. The predicted octanol–water partition coefficient (Wildman–Crippen LogP) is 3.62. The first-order valence-corrected chi connectivity index (χ1v) is 8.79. The molecule has 0 saturated carbocycles. The second-order valence-electron chi connectivity index (χ2n) is 6.51. The molecule has 6 nitrogen and oxygen atoms in total. The van der Waals surface area contributed by atoms with E-state index in [-0.39, 0.29) is 18.6 Å². The Balaban J connectivity index is 1.70. The molecule has 6 heteroatoms. The molecule has 3 aromatic rings. The van der Waals surface area contributed by atoms with Gasteiger partial charge in [0.2, 0.25) is 5.95 Å². The molecule has 0 radical (unpaired) electrons. The first kappa shape index (κ1) is 17.0. The Kier molecular flexibility index (Phi) is 4.46. The summed E-state index contributed by atoms with van der Waals surface area (Å²) < 4.78 is 7.35. The van der Waals surface area contributed by atoms with E-state index in [0.717, 1.165) is 22.4 Å². The largest absolute Gasteiger partial charge is 0.457 e. The lowest BCUT2D eigenvalue weighted by Crippen LogP contribution is -2.30. The molecule has 136 valence electrons. The van der Waals surface area contributed by atoms with Gasteiger partial charge >= 0.3 is 5.97 Å². The van der Waals surface area contributed by atoms with Crippen LogP contribution < -0.4 is 5.32 Å². The summed E-state index contributed by atoms with van der Waals surface area (Å²) >= 11 is 0. The van der Waals surface area contributed by atoms with Gasteiger partial charge in [0.25, 0.3) is 0 Å². The van der Waals surface area contributed by atoms with Crippen LogP contribution in [-0.2, 0) is 16.1 Å². The minimum Gasteiger partial charge on any atom is -0.457 e. The van der Waals surface area contributed by atoms with E-state index in [2.05, 4.69) is 15.4 Å². The Labute approximate surface area is 157 Å². The molecule has 1 aliphatic rings. The number of nitrogens with one attached hydrogen (secondary N) is 1. The average molecular weight is 360 g/mol. The summed E-state index contributed by atoms with van der Waals surface area (Å²) in [5.41, 5.74) is 4.28. The van der Waals surface area contributed by atoms with Crippen LogP contribution in [0.3, 0.4) is 0 Å². The number of aryl methyl sites for hydroxylation is 1. The number of aromatic nitrogens is 3. The van der Waals surface area contributed by atoms with Crippen molar-refractivity contribution in [3.8, 4) is 0 Å². The van der Waals surface area contributed by atoms with E-state index in [9.17, 15) is 4.79 Å². The molecule has 0 amide bonds. The number of allylic oxidation sites excluding steroid dienone is 1. The second-order valence-corrected chi connectivity index (χ2v) is 6.51. The second kappa shape index (κ2) is 7.07. The summed E-state index contributed by atoms with van der Waals surface area (Å²) in [5.74, 6) is 0.249. The van der Waals surface area contributed by atoms with Crippen molar-refractivity contribution in [2.24, 2.45) is 0 Å². The van der Waals surface area contributed by atoms with Crippen LogP contribution in [-0.4, -0.2) is 20.7 Å². The maximum atomic E-state index is 13.0. The van der Waals surface area contributed by atoms with E-state index in [1.165, 1.54) is 6.33 Å². The van der Waals surface area contributed by atoms with Crippen molar-refractivity contribution >= 4 is 11.9 Å². The molecule has 4 rings (SSSR count). The van der Waals surface area contributed by atoms with Crippen molar-refractivity contribution in [1.29, 1.82) is 0 Å². The van der Waals surface area contributed by atoms with Gasteiger partial charge in [-0.3, -0.25) is 0 Å². The van der Waals surface area contributed by atoms with Gasteiger partial charge in [-0.15, -0.1) is 0 Å². The van der Waals surface area contributed by atoms with Crippen molar-refractivity contribution in [2.45, 2.75) is 26.5 Å². The van der Waals surface area contributed by atoms with E-state index >= 15 is 0 Å². The van der Waals surface area contributed by atoms with Crippen LogP contribution in [0, 0.1) is 6.92 Å². The topological polar surface area (TPSA) is 69.0 Å². The first-order valence-electron chi connectivity index (χ1n) is 8.79. The van der Waals surface area contributed by atoms with Crippen LogP contribution in [0.4, 0.5) is 5.95 Å². The van der Waals surface area contributed by atoms with E-state index in [0.29, 0.717) is 11.5 Å². The standard InChI is InChI=1S/C21H20N4O2/c1-14-8-6-7-11-17(14)19-18(15(2)24-21-22-13-23-25(19)21)20(26)27-12-16-9-4-3-5-10-16/h3-11,13,19H,12H2,1-2H3,(H,22,23,24)/t19-/m1/s1. The molecule has 27 heavy (non-hydrogen) atoms. The molecule has 0 aliphatic carbocycles. The van der Waals surface area contributed by atoms with Crippen molar-refractivity contribution in [2.75, 3.05) is 5.32 Å². The third kappa shape index (κ3) is 3.21. The highest BCUT2D eigenvalue weighted by molar-refractivity contribution is 5.92. The molecular formula is C21H20N4O2. The maximum absolute atomic E-state index is 13.0. The molecule has 0 saturated heterocycles. The Hall–Kier alpha value is -3.41. The number of hydrogen-bond donors (Lipinski definition) is 1. The zero-order valence-electron chi connectivity index (χ0n) is 15.2. The summed E-state index contributed by atoms with van der Waals surface area (Å²) in [7, 11) is 0. The van der Waals surface area contributed by atoms with Gasteiger partial charge in [-0.25, -0.2) is 9.48 Å². The third-order valence-electron chi connectivity index (χ3n) is 4.71. The average Bonchev–Trinajstić information content (AvgIpc) is 3.14. The normalized spacial score (nSPS) is 15.9. The molecule has 0 spiro atoms. The summed E-state index contributed by atoms with van der Waals surface area (Å²) in [6, 6.07) is 17.2. The van der Waals surface area contributed by atoms with Gasteiger partial charge in [0.15, 0.2) is 0 Å². The molecular weight excluding hydrogens is 340 g/mol. The SMILES string of the molecule is CC1=C(C(=O)OCc2ccccc2)[C@@H](c2ccccc2C)n2ncnc2N1. The maximum Gasteiger partial charge on any atom is 0.338 e. The fourth-order valence-electron chi connectivity index (χ4n) is 3.34. The zero-order chi connectivity index (χ0) is 18.8. The number of fused-ring (bicyclic) bond motifs is 1. The molecule has 0 bridgehead atoms. The molecule has 1 aromatic heterocycles. The molecule has 2 aromatic carbocycles. The lowest BCUT2D eigenvalue weighted by Gasteiger charge is -2.29. The zero-order valence-corrected chi connectivity index (χ0v) is 15.2.